The molecular weight excluding hydrogens is 342 g/mol. The SMILES string of the molecule is O=[N+]([O-])c1cccc(C=Nc2nc3ccccc3n2CCN2CCCC2)c1. The third-order valence-corrected chi connectivity index (χ3v) is 4.88. The molecule has 1 saturated heterocycles. The van der Waals surface area contributed by atoms with E-state index in [0.717, 1.165) is 37.2 Å². The molecule has 0 spiro atoms. The Bertz CT molecular complexity index is 989. The first-order chi connectivity index (χ1) is 13.2. The highest BCUT2D eigenvalue weighted by atomic mass is 16.6. The number of hydrogen-bond acceptors (Lipinski definition) is 5. The molecule has 3 aromatic rings. The van der Waals surface area contributed by atoms with Crippen molar-refractivity contribution in [2.45, 2.75) is 19.4 Å². The average molecular weight is 363 g/mol. The monoisotopic (exact) mass is 363 g/mol. The second-order valence-corrected chi connectivity index (χ2v) is 6.71. The Balaban J connectivity index is 1.62. The number of nitrogens with zero attached hydrogens (tertiary/aromatic N) is 5. The molecule has 7 heteroatoms. The van der Waals surface area contributed by atoms with Crippen LogP contribution in [0.5, 0.6) is 0 Å². The third-order valence-electron chi connectivity index (χ3n) is 4.88. The van der Waals surface area contributed by atoms with Gasteiger partial charge in [-0.2, -0.15) is 0 Å². The van der Waals surface area contributed by atoms with E-state index in [2.05, 4.69) is 25.5 Å². The molecule has 1 fully saturated rings. The van der Waals surface area contributed by atoms with Gasteiger partial charge in [-0.1, -0.05) is 24.3 Å². The highest BCUT2D eigenvalue weighted by Gasteiger charge is 2.14. The summed E-state index contributed by atoms with van der Waals surface area (Å²) in [6.45, 7) is 4.10. The number of non-ortho nitro benzene ring substituents is 1. The van der Waals surface area contributed by atoms with Gasteiger partial charge in [0.1, 0.15) is 0 Å². The highest BCUT2D eigenvalue weighted by molar-refractivity contribution is 5.84. The minimum atomic E-state index is -0.400. The van der Waals surface area contributed by atoms with Crippen molar-refractivity contribution in [2.24, 2.45) is 4.99 Å². The van der Waals surface area contributed by atoms with Crippen LogP contribution in [0.4, 0.5) is 11.6 Å². The molecule has 0 bridgehead atoms. The van der Waals surface area contributed by atoms with Crippen LogP contribution in [0, 0.1) is 10.1 Å². The van der Waals surface area contributed by atoms with E-state index in [1.54, 1.807) is 18.3 Å². The van der Waals surface area contributed by atoms with Gasteiger partial charge >= 0.3 is 0 Å². The van der Waals surface area contributed by atoms with E-state index in [9.17, 15) is 10.1 Å². The maximum Gasteiger partial charge on any atom is 0.270 e. The van der Waals surface area contributed by atoms with Crippen LogP contribution in [-0.4, -0.2) is 45.2 Å². The van der Waals surface area contributed by atoms with Gasteiger partial charge in [0.2, 0.25) is 5.95 Å². The van der Waals surface area contributed by atoms with E-state index >= 15 is 0 Å². The Morgan fingerprint density at radius 2 is 1.93 bits per heavy atom. The average Bonchev–Trinajstić information content (AvgIpc) is 3.32. The molecule has 0 amide bonds. The van der Waals surface area contributed by atoms with E-state index in [1.165, 1.54) is 25.0 Å². The zero-order chi connectivity index (χ0) is 18.6. The molecule has 0 radical (unpaired) electrons. The summed E-state index contributed by atoms with van der Waals surface area (Å²) in [5.74, 6) is 0.627. The first kappa shape index (κ1) is 17.4. The number of fused-ring (bicyclic) bond motifs is 1. The molecule has 0 N–H and O–H groups in total. The number of hydrogen-bond donors (Lipinski definition) is 0. The molecule has 7 nitrogen and oxygen atoms in total. The summed E-state index contributed by atoms with van der Waals surface area (Å²) >= 11 is 0. The van der Waals surface area contributed by atoms with E-state index in [1.807, 2.05) is 18.2 Å². The smallest absolute Gasteiger partial charge is 0.270 e. The summed E-state index contributed by atoms with van der Waals surface area (Å²) < 4.78 is 2.13. The van der Waals surface area contributed by atoms with Gasteiger partial charge in [-0.05, 0) is 43.6 Å². The van der Waals surface area contributed by atoms with Gasteiger partial charge in [-0.3, -0.25) is 10.1 Å². The van der Waals surface area contributed by atoms with Crippen LogP contribution in [0.25, 0.3) is 11.0 Å². The predicted octanol–water partition coefficient (Wildman–Crippen LogP) is 3.79. The quantitative estimate of drug-likeness (QED) is 0.379. The molecule has 0 unspecified atom stereocenters. The lowest BCUT2D eigenvalue weighted by atomic mass is 10.2. The number of benzene rings is 2. The molecule has 0 atom stereocenters. The van der Waals surface area contributed by atoms with Crippen LogP contribution in [0.3, 0.4) is 0 Å². The van der Waals surface area contributed by atoms with Crippen LogP contribution in [-0.2, 0) is 6.54 Å². The third kappa shape index (κ3) is 3.88. The van der Waals surface area contributed by atoms with Crippen molar-refractivity contribution in [2.75, 3.05) is 19.6 Å². The number of aromatic nitrogens is 2. The molecule has 27 heavy (non-hydrogen) atoms. The lowest BCUT2D eigenvalue weighted by Crippen LogP contribution is -2.24. The number of nitro benzene ring substituents is 1. The van der Waals surface area contributed by atoms with Gasteiger partial charge in [0.15, 0.2) is 0 Å². The second kappa shape index (κ2) is 7.67. The van der Waals surface area contributed by atoms with Crippen molar-refractivity contribution in [3.8, 4) is 0 Å². The zero-order valence-corrected chi connectivity index (χ0v) is 15.0. The van der Waals surface area contributed by atoms with Gasteiger partial charge in [0, 0.05) is 31.4 Å². The van der Waals surface area contributed by atoms with Crippen molar-refractivity contribution >= 4 is 28.9 Å². The maximum atomic E-state index is 10.9. The number of para-hydroxylation sites is 2. The molecule has 4 rings (SSSR count). The van der Waals surface area contributed by atoms with Crippen molar-refractivity contribution in [1.29, 1.82) is 0 Å². The zero-order valence-electron chi connectivity index (χ0n) is 15.0. The minimum absolute atomic E-state index is 0.0569. The van der Waals surface area contributed by atoms with Crippen molar-refractivity contribution in [3.05, 3.63) is 64.2 Å². The van der Waals surface area contributed by atoms with E-state index in [0.29, 0.717) is 11.5 Å². The summed E-state index contributed by atoms with van der Waals surface area (Å²) in [4.78, 5) is 22.2. The van der Waals surface area contributed by atoms with E-state index in [4.69, 9.17) is 0 Å². The molecule has 0 saturated carbocycles. The standard InChI is InChI=1S/C20H21N5O2/c26-25(27)17-7-5-6-16(14-17)15-21-20-22-18-8-1-2-9-19(18)24(20)13-12-23-10-3-4-11-23/h1-2,5-9,14-15H,3-4,10-13H2. The molecule has 1 aromatic heterocycles. The molecule has 2 heterocycles. The van der Waals surface area contributed by atoms with Crippen LogP contribution in [0.15, 0.2) is 53.5 Å². The van der Waals surface area contributed by atoms with Gasteiger partial charge in [-0.15, -0.1) is 0 Å². The lowest BCUT2D eigenvalue weighted by molar-refractivity contribution is -0.384. The summed E-state index contributed by atoms with van der Waals surface area (Å²) in [5, 5.41) is 10.9. The molecular formula is C20H21N5O2. The lowest BCUT2D eigenvalue weighted by Gasteiger charge is -2.15. The van der Waals surface area contributed by atoms with Crippen molar-refractivity contribution < 1.29 is 4.92 Å². The summed E-state index contributed by atoms with van der Waals surface area (Å²) in [7, 11) is 0. The van der Waals surface area contributed by atoms with Crippen molar-refractivity contribution in [3.63, 3.8) is 0 Å². The van der Waals surface area contributed by atoms with Gasteiger partial charge < -0.3 is 9.47 Å². The van der Waals surface area contributed by atoms with Gasteiger partial charge in [0.25, 0.3) is 5.69 Å². The highest BCUT2D eigenvalue weighted by Crippen LogP contribution is 2.22. The van der Waals surface area contributed by atoms with Crippen LogP contribution in [0.2, 0.25) is 0 Å². The number of aliphatic imine (C=N–C) groups is 1. The summed E-state index contributed by atoms with van der Waals surface area (Å²) in [6.07, 6.45) is 4.17. The molecule has 2 aromatic carbocycles. The van der Waals surface area contributed by atoms with Gasteiger partial charge in [0.05, 0.1) is 16.0 Å². The fourth-order valence-electron chi connectivity index (χ4n) is 3.48. The Kier molecular flexibility index (Phi) is 4.93. The molecule has 138 valence electrons. The number of likely N-dealkylation sites (tertiary alicyclic amines) is 1. The van der Waals surface area contributed by atoms with Crippen molar-refractivity contribution in [1.82, 2.24) is 14.5 Å². The normalized spacial score (nSPS) is 15.1. The van der Waals surface area contributed by atoms with Crippen LogP contribution >= 0.6 is 0 Å². The first-order valence-corrected chi connectivity index (χ1v) is 9.17. The number of rotatable bonds is 6. The fraction of sp³-hybridized carbons (Fsp3) is 0.300. The second-order valence-electron chi connectivity index (χ2n) is 6.71. The largest absolute Gasteiger partial charge is 0.307 e. The molecule has 1 aliphatic heterocycles. The molecule has 0 aliphatic carbocycles. The minimum Gasteiger partial charge on any atom is -0.307 e. The van der Waals surface area contributed by atoms with E-state index in [-0.39, 0.29) is 5.69 Å². The van der Waals surface area contributed by atoms with Crippen LogP contribution < -0.4 is 0 Å². The topological polar surface area (TPSA) is 76.6 Å². The maximum absolute atomic E-state index is 10.9. The van der Waals surface area contributed by atoms with E-state index < -0.39 is 4.92 Å². The number of imidazole rings is 1. The Hall–Kier alpha value is -3.06. The fourth-order valence-corrected chi connectivity index (χ4v) is 3.48. The van der Waals surface area contributed by atoms with Gasteiger partial charge in [-0.25, -0.2) is 9.98 Å². The summed E-state index contributed by atoms with van der Waals surface area (Å²) in [6, 6.07) is 14.5. The number of nitro groups is 1. The summed E-state index contributed by atoms with van der Waals surface area (Å²) in [5.41, 5.74) is 2.71. The predicted molar refractivity (Wildman–Crippen MR) is 106 cm³/mol. The Labute approximate surface area is 157 Å². The van der Waals surface area contributed by atoms with Crippen LogP contribution in [0.1, 0.15) is 18.4 Å². The molecule has 1 aliphatic rings. The Morgan fingerprint density at radius 1 is 1.11 bits per heavy atom. The first-order valence-electron chi connectivity index (χ1n) is 9.17. The Morgan fingerprint density at radius 3 is 2.74 bits per heavy atom.